The van der Waals surface area contributed by atoms with Crippen molar-refractivity contribution >= 4 is 21.9 Å². The van der Waals surface area contributed by atoms with E-state index in [9.17, 15) is 23.1 Å². The lowest BCUT2D eigenvalue weighted by Crippen LogP contribution is -2.17. The van der Waals surface area contributed by atoms with E-state index in [2.05, 4.69) is 4.74 Å². The Labute approximate surface area is 115 Å². The normalized spacial score (nSPS) is 12.0. The number of phenols is 1. The topological polar surface area (TPSA) is 59.7 Å². The molecule has 0 unspecified atom stereocenters. The van der Waals surface area contributed by atoms with Gasteiger partial charge in [0.25, 0.3) is 0 Å². The first kappa shape index (κ1) is 13.3. The Kier molecular flexibility index (Phi) is 2.79. The second-order valence-corrected chi connectivity index (χ2v) is 4.32. The number of hydrogen-bond acceptors (Lipinski definition) is 4. The van der Waals surface area contributed by atoms with Crippen LogP contribution in [-0.4, -0.2) is 11.5 Å². The van der Waals surface area contributed by atoms with Gasteiger partial charge in [0.15, 0.2) is 0 Å². The van der Waals surface area contributed by atoms with Gasteiger partial charge in [-0.1, -0.05) is 0 Å². The first-order valence-corrected chi connectivity index (χ1v) is 5.79. The van der Waals surface area contributed by atoms with E-state index in [1.54, 1.807) is 0 Å². The van der Waals surface area contributed by atoms with E-state index in [0.29, 0.717) is 0 Å². The highest BCUT2D eigenvalue weighted by molar-refractivity contribution is 5.90. The number of benzene rings is 2. The van der Waals surface area contributed by atoms with Crippen LogP contribution in [0.5, 0.6) is 11.5 Å². The van der Waals surface area contributed by atoms with Crippen LogP contribution >= 0.6 is 0 Å². The standard InChI is InChI=1S/C14H7F3O4/c15-14(16,17)21-8-2-4-10-12(6-8)20-11-5-7(18)1-3-9(11)13(10)19/h1-6,18H. The average Bonchev–Trinajstić information content (AvgIpc) is 2.36. The number of alkyl halides is 3. The third kappa shape index (κ3) is 2.49. The van der Waals surface area contributed by atoms with Gasteiger partial charge >= 0.3 is 6.36 Å². The van der Waals surface area contributed by atoms with Gasteiger partial charge in [-0.05, 0) is 24.3 Å². The summed E-state index contributed by atoms with van der Waals surface area (Å²) in [5.41, 5.74) is -0.374. The molecule has 0 aliphatic rings. The largest absolute Gasteiger partial charge is 0.573 e. The van der Waals surface area contributed by atoms with E-state index in [4.69, 9.17) is 4.42 Å². The minimum absolute atomic E-state index is 0.0557. The Balaban J connectivity index is 2.26. The second-order valence-electron chi connectivity index (χ2n) is 4.32. The van der Waals surface area contributed by atoms with Crippen LogP contribution in [0.25, 0.3) is 21.9 Å². The quantitative estimate of drug-likeness (QED) is 0.698. The molecule has 1 N–H and O–H groups in total. The predicted octanol–water partition coefficient (Wildman–Crippen LogP) is 3.55. The van der Waals surface area contributed by atoms with E-state index in [-0.39, 0.29) is 27.7 Å². The predicted molar refractivity (Wildman–Crippen MR) is 68.3 cm³/mol. The SMILES string of the molecule is O=c1c2ccc(O)cc2oc2cc(OC(F)(F)F)ccc12. The maximum Gasteiger partial charge on any atom is 0.573 e. The van der Waals surface area contributed by atoms with Gasteiger partial charge in [-0.25, -0.2) is 0 Å². The minimum Gasteiger partial charge on any atom is -0.508 e. The van der Waals surface area contributed by atoms with Crippen LogP contribution in [0, 0.1) is 0 Å². The number of aromatic hydroxyl groups is 1. The van der Waals surface area contributed by atoms with Crippen molar-refractivity contribution in [1.82, 2.24) is 0 Å². The van der Waals surface area contributed by atoms with Crippen molar-refractivity contribution < 1.29 is 27.4 Å². The lowest BCUT2D eigenvalue weighted by atomic mass is 10.1. The van der Waals surface area contributed by atoms with Gasteiger partial charge in [-0.3, -0.25) is 4.79 Å². The Hall–Kier alpha value is -2.70. The van der Waals surface area contributed by atoms with E-state index >= 15 is 0 Å². The Morgan fingerprint density at radius 1 is 1.00 bits per heavy atom. The minimum atomic E-state index is -4.83. The summed E-state index contributed by atoms with van der Waals surface area (Å²) in [6.07, 6.45) is -4.83. The van der Waals surface area contributed by atoms with Crippen molar-refractivity contribution in [3.05, 3.63) is 46.6 Å². The molecule has 0 fully saturated rings. The summed E-state index contributed by atoms with van der Waals surface area (Å²) in [6, 6.07) is 7.15. The Morgan fingerprint density at radius 2 is 1.62 bits per heavy atom. The zero-order valence-electron chi connectivity index (χ0n) is 10.3. The summed E-state index contributed by atoms with van der Waals surface area (Å²) < 4.78 is 45.7. The van der Waals surface area contributed by atoms with E-state index in [0.717, 1.165) is 12.1 Å². The van der Waals surface area contributed by atoms with Gasteiger partial charge in [-0.15, -0.1) is 13.2 Å². The molecule has 0 bridgehead atoms. The molecule has 1 heterocycles. The van der Waals surface area contributed by atoms with Crippen molar-refractivity contribution in [1.29, 1.82) is 0 Å². The Bertz CT molecular complexity index is 896. The molecule has 0 amide bonds. The average molecular weight is 296 g/mol. The monoisotopic (exact) mass is 296 g/mol. The number of ether oxygens (including phenoxy) is 1. The molecule has 3 aromatic rings. The van der Waals surface area contributed by atoms with Gasteiger partial charge in [0, 0.05) is 12.1 Å². The van der Waals surface area contributed by atoms with Crippen LogP contribution in [0.3, 0.4) is 0 Å². The third-order valence-electron chi connectivity index (χ3n) is 2.86. The first-order valence-electron chi connectivity index (χ1n) is 5.79. The highest BCUT2D eigenvalue weighted by atomic mass is 19.4. The molecule has 0 saturated heterocycles. The zero-order valence-corrected chi connectivity index (χ0v) is 10.3. The Morgan fingerprint density at radius 3 is 2.29 bits per heavy atom. The highest BCUT2D eigenvalue weighted by Crippen LogP contribution is 2.28. The van der Waals surface area contributed by atoms with Crippen LogP contribution in [0.2, 0.25) is 0 Å². The van der Waals surface area contributed by atoms with Crippen LogP contribution in [0.1, 0.15) is 0 Å². The molecule has 0 aliphatic carbocycles. The van der Waals surface area contributed by atoms with Gasteiger partial charge in [0.1, 0.15) is 22.7 Å². The molecule has 2 aromatic carbocycles. The fourth-order valence-corrected chi connectivity index (χ4v) is 2.02. The number of halogens is 3. The summed E-state index contributed by atoms with van der Waals surface area (Å²) in [6.45, 7) is 0. The van der Waals surface area contributed by atoms with Gasteiger partial charge in [-0.2, -0.15) is 0 Å². The summed E-state index contributed by atoms with van der Waals surface area (Å²) in [5.74, 6) is -0.606. The molecule has 1 aromatic heterocycles. The highest BCUT2D eigenvalue weighted by Gasteiger charge is 2.31. The van der Waals surface area contributed by atoms with Crippen molar-refractivity contribution in [3.8, 4) is 11.5 Å². The smallest absolute Gasteiger partial charge is 0.508 e. The van der Waals surface area contributed by atoms with Crippen molar-refractivity contribution in [2.75, 3.05) is 0 Å². The summed E-state index contributed by atoms with van der Waals surface area (Å²) in [5, 5.41) is 9.72. The van der Waals surface area contributed by atoms with E-state index < -0.39 is 17.5 Å². The maximum absolute atomic E-state index is 12.2. The molecular weight excluding hydrogens is 289 g/mol. The lowest BCUT2D eigenvalue weighted by Gasteiger charge is -2.09. The number of fused-ring (bicyclic) bond motifs is 2. The zero-order chi connectivity index (χ0) is 15.2. The molecule has 0 spiro atoms. The fraction of sp³-hybridized carbons (Fsp3) is 0.0714. The second kappa shape index (κ2) is 4.41. The molecule has 0 atom stereocenters. The van der Waals surface area contributed by atoms with Crippen molar-refractivity contribution in [2.24, 2.45) is 0 Å². The lowest BCUT2D eigenvalue weighted by molar-refractivity contribution is -0.274. The number of rotatable bonds is 1. The van der Waals surface area contributed by atoms with Gasteiger partial charge in [0.05, 0.1) is 10.8 Å². The summed E-state index contributed by atoms with van der Waals surface area (Å²) in [4.78, 5) is 12.2. The van der Waals surface area contributed by atoms with Crippen LogP contribution < -0.4 is 10.2 Å². The molecule has 108 valence electrons. The number of hydrogen-bond donors (Lipinski definition) is 1. The van der Waals surface area contributed by atoms with Crippen molar-refractivity contribution in [3.63, 3.8) is 0 Å². The van der Waals surface area contributed by atoms with Crippen molar-refractivity contribution in [2.45, 2.75) is 6.36 Å². The van der Waals surface area contributed by atoms with E-state index in [1.807, 2.05) is 0 Å². The fourth-order valence-electron chi connectivity index (χ4n) is 2.02. The van der Waals surface area contributed by atoms with Crippen LogP contribution in [0.15, 0.2) is 45.6 Å². The molecule has 0 aliphatic heterocycles. The van der Waals surface area contributed by atoms with Crippen LogP contribution in [0.4, 0.5) is 13.2 Å². The van der Waals surface area contributed by atoms with E-state index in [1.165, 1.54) is 24.3 Å². The molecular formula is C14H7F3O4. The van der Waals surface area contributed by atoms with Crippen LogP contribution in [-0.2, 0) is 0 Å². The third-order valence-corrected chi connectivity index (χ3v) is 2.86. The number of phenolic OH excluding ortho intramolecular Hbond substituents is 1. The van der Waals surface area contributed by atoms with Gasteiger partial charge in [0.2, 0.25) is 5.43 Å². The molecule has 0 saturated carbocycles. The molecule has 4 nitrogen and oxygen atoms in total. The molecule has 3 rings (SSSR count). The summed E-state index contributed by atoms with van der Waals surface area (Å²) >= 11 is 0. The van der Waals surface area contributed by atoms with Gasteiger partial charge < -0.3 is 14.3 Å². The molecule has 7 heteroatoms. The summed E-state index contributed by atoms with van der Waals surface area (Å²) in [7, 11) is 0. The molecule has 21 heavy (non-hydrogen) atoms. The first-order chi connectivity index (χ1) is 9.83. The molecule has 0 radical (unpaired) electrons. The maximum atomic E-state index is 12.2.